The molecule has 1 aromatic heterocycles. The van der Waals surface area contributed by atoms with Crippen molar-refractivity contribution >= 4 is 11.0 Å². The fourth-order valence-electron chi connectivity index (χ4n) is 5.31. The van der Waals surface area contributed by atoms with Crippen molar-refractivity contribution in [2.75, 3.05) is 0 Å². The summed E-state index contributed by atoms with van der Waals surface area (Å²) in [5.41, 5.74) is 12.3. The van der Waals surface area contributed by atoms with E-state index < -0.39 is 0 Å². The number of nitrogens with zero attached hydrogens (tertiary/aromatic N) is 2. The molecular weight excluding hydrogens is 436 g/mol. The standard InChI is InChI=1S/C34H29N2/c1-24-18-20-25(21-19-24)28-22-29(26-12-6-4-7-13-26)33(30(23-28)27-14-8-5-9-15-27)34-35(2)31-16-10-11-17-32(31)36(34)3/h4-23H,1-3H3/q+1. The highest BCUT2D eigenvalue weighted by atomic mass is 15.1. The van der Waals surface area contributed by atoms with Crippen molar-refractivity contribution in [2.45, 2.75) is 6.92 Å². The van der Waals surface area contributed by atoms with Gasteiger partial charge in [-0.1, -0.05) is 103 Å². The largest absolute Gasteiger partial charge is 0.290 e. The number of hydrogen-bond donors (Lipinski definition) is 0. The highest BCUT2D eigenvalue weighted by Gasteiger charge is 2.28. The maximum absolute atomic E-state index is 2.36. The fourth-order valence-corrected chi connectivity index (χ4v) is 5.31. The van der Waals surface area contributed by atoms with Gasteiger partial charge >= 0.3 is 0 Å². The van der Waals surface area contributed by atoms with Gasteiger partial charge in [0.25, 0.3) is 5.82 Å². The molecule has 0 N–H and O–H groups in total. The van der Waals surface area contributed by atoms with Crippen molar-refractivity contribution in [3.8, 4) is 44.8 Å². The van der Waals surface area contributed by atoms with Crippen molar-refractivity contribution in [3.05, 3.63) is 127 Å². The van der Waals surface area contributed by atoms with Crippen LogP contribution >= 0.6 is 0 Å². The van der Waals surface area contributed by atoms with Crippen LogP contribution in [0.3, 0.4) is 0 Å². The summed E-state index contributed by atoms with van der Waals surface area (Å²) in [5, 5.41) is 0. The first-order valence-corrected chi connectivity index (χ1v) is 12.4. The van der Waals surface area contributed by atoms with Gasteiger partial charge in [-0.15, -0.1) is 0 Å². The Bertz CT molecular complexity index is 1580. The zero-order chi connectivity index (χ0) is 24.6. The van der Waals surface area contributed by atoms with E-state index in [1.165, 1.54) is 61.4 Å². The maximum Gasteiger partial charge on any atom is 0.290 e. The van der Waals surface area contributed by atoms with E-state index in [1.54, 1.807) is 0 Å². The highest BCUT2D eigenvalue weighted by molar-refractivity contribution is 5.96. The number of rotatable bonds is 4. The monoisotopic (exact) mass is 465 g/mol. The second-order valence-electron chi connectivity index (χ2n) is 9.47. The summed E-state index contributed by atoms with van der Waals surface area (Å²) in [5.74, 6) is 1.18. The Morgan fingerprint density at radius 2 is 1.08 bits per heavy atom. The minimum atomic E-state index is 1.18. The number of imidazole rings is 1. The average Bonchev–Trinajstić information content (AvgIpc) is 3.19. The lowest BCUT2D eigenvalue weighted by molar-refractivity contribution is -0.634. The van der Waals surface area contributed by atoms with Crippen LogP contribution < -0.4 is 4.57 Å². The first-order chi connectivity index (χ1) is 17.6. The molecule has 0 aliphatic rings. The summed E-state index contributed by atoms with van der Waals surface area (Å²) in [4.78, 5) is 0. The first kappa shape index (κ1) is 22.1. The van der Waals surface area contributed by atoms with E-state index in [4.69, 9.17) is 0 Å². The predicted octanol–water partition coefficient (Wildman–Crippen LogP) is 7.98. The van der Waals surface area contributed by atoms with Crippen LogP contribution in [0.4, 0.5) is 0 Å². The van der Waals surface area contributed by atoms with E-state index in [0.29, 0.717) is 0 Å². The predicted molar refractivity (Wildman–Crippen MR) is 151 cm³/mol. The van der Waals surface area contributed by atoms with Crippen molar-refractivity contribution in [2.24, 2.45) is 14.1 Å². The lowest BCUT2D eigenvalue weighted by atomic mass is 9.87. The Balaban J connectivity index is 1.76. The van der Waals surface area contributed by atoms with Gasteiger partial charge in [0.15, 0.2) is 11.0 Å². The lowest BCUT2D eigenvalue weighted by Crippen LogP contribution is -2.30. The van der Waals surface area contributed by atoms with E-state index in [-0.39, 0.29) is 0 Å². The number of aromatic nitrogens is 2. The summed E-state index contributed by atoms with van der Waals surface area (Å²) < 4.78 is 4.66. The molecule has 6 aromatic rings. The molecule has 2 nitrogen and oxygen atoms in total. The smallest absolute Gasteiger partial charge is 0.226 e. The number of para-hydroxylation sites is 2. The third-order valence-corrected chi connectivity index (χ3v) is 7.16. The molecule has 0 bridgehead atoms. The van der Waals surface area contributed by atoms with Crippen LogP contribution in [0.1, 0.15) is 5.56 Å². The second-order valence-corrected chi connectivity index (χ2v) is 9.47. The molecule has 0 fully saturated rings. The van der Waals surface area contributed by atoms with E-state index in [2.05, 4.69) is 151 Å². The van der Waals surface area contributed by atoms with Gasteiger partial charge in [0.1, 0.15) is 0 Å². The fraction of sp³-hybridized carbons (Fsp3) is 0.0882. The molecule has 2 heteroatoms. The summed E-state index contributed by atoms with van der Waals surface area (Å²) in [6.45, 7) is 2.14. The van der Waals surface area contributed by atoms with Gasteiger partial charge in [0, 0.05) is 0 Å². The molecule has 0 amide bonds. The third kappa shape index (κ3) is 3.72. The summed E-state index contributed by atoms with van der Waals surface area (Å²) in [6.07, 6.45) is 0. The number of benzene rings is 5. The quantitative estimate of drug-likeness (QED) is 0.233. The zero-order valence-electron chi connectivity index (χ0n) is 20.9. The zero-order valence-corrected chi connectivity index (χ0v) is 20.9. The van der Waals surface area contributed by atoms with Gasteiger partial charge in [-0.05, 0) is 64.6 Å². The van der Waals surface area contributed by atoms with Crippen LogP contribution in [0.2, 0.25) is 0 Å². The van der Waals surface area contributed by atoms with E-state index >= 15 is 0 Å². The topological polar surface area (TPSA) is 8.81 Å². The molecule has 6 rings (SSSR count). The minimum Gasteiger partial charge on any atom is -0.226 e. The normalized spacial score (nSPS) is 11.2. The molecule has 174 valence electrons. The van der Waals surface area contributed by atoms with Gasteiger partial charge in [-0.3, -0.25) is 0 Å². The summed E-state index contributed by atoms with van der Waals surface area (Å²) >= 11 is 0. The molecule has 0 atom stereocenters. The molecule has 0 aliphatic heterocycles. The van der Waals surface area contributed by atoms with Crippen LogP contribution in [0.25, 0.3) is 55.8 Å². The molecule has 0 spiro atoms. The Labute approximate surface area is 212 Å². The number of aryl methyl sites for hydroxylation is 3. The van der Waals surface area contributed by atoms with Gasteiger partial charge in [-0.25, -0.2) is 9.13 Å². The molecule has 0 saturated heterocycles. The summed E-state index contributed by atoms with van der Waals surface area (Å²) in [6, 6.07) is 43.7. The average molecular weight is 466 g/mol. The Morgan fingerprint density at radius 3 is 1.64 bits per heavy atom. The van der Waals surface area contributed by atoms with Gasteiger partial charge in [0.2, 0.25) is 0 Å². The van der Waals surface area contributed by atoms with Crippen LogP contribution in [0.5, 0.6) is 0 Å². The molecule has 0 aliphatic carbocycles. The molecule has 1 heterocycles. The number of hydrogen-bond acceptors (Lipinski definition) is 0. The molecule has 0 unspecified atom stereocenters. The Morgan fingerprint density at radius 1 is 0.556 bits per heavy atom. The minimum absolute atomic E-state index is 1.18. The summed E-state index contributed by atoms with van der Waals surface area (Å²) in [7, 11) is 4.35. The van der Waals surface area contributed by atoms with E-state index in [0.717, 1.165) is 0 Å². The number of fused-ring (bicyclic) bond motifs is 1. The van der Waals surface area contributed by atoms with Crippen molar-refractivity contribution in [3.63, 3.8) is 0 Å². The second kappa shape index (κ2) is 8.98. The molecule has 0 saturated carbocycles. The van der Waals surface area contributed by atoms with Gasteiger partial charge < -0.3 is 0 Å². The van der Waals surface area contributed by atoms with Crippen molar-refractivity contribution < 1.29 is 4.57 Å². The first-order valence-electron chi connectivity index (χ1n) is 12.4. The molecule has 5 aromatic carbocycles. The van der Waals surface area contributed by atoms with E-state index in [9.17, 15) is 0 Å². The van der Waals surface area contributed by atoms with Gasteiger partial charge in [0.05, 0.1) is 19.7 Å². The van der Waals surface area contributed by atoms with Crippen LogP contribution in [-0.4, -0.2) is 4.57 Å². The molecule has 36 heavy (non-hydrogen) atoms. The lowest BCUT2D eigenvalue weighted by Gasteiger charge is -2.17. The highest BCUT2D eigenvalue weighted by Crippen LogP contribution is 2.43. The molecular formula is C34H29N2+. The van der Waals surface area contributed by atoms with Crippen LogP contribution in [-0.2, 0) is 14.1 Å². The van der Waals surface area contributed by atoms with Crippen LogP contribution in [0, 0.1) is 6.92 Å². The Hall–Kier alpha value is -4.43. The van der Waals surface area contributed by atoms with Crippen molar-refractivity contribution in [1.29, 1.82) is 0 Å². The third-order valence-electron chi connectivity index (χ3n) is 7.16. The SMILES string of the molecule is Cc1ccc(-c2cc(-c3ccccc3)c(-c3n(C)c4ccccc4[n+]3C)c(-c3ccccc3)c2)cc1. The van der Waals surface area contributed by atoms with Gasteiger partial charge in [-0.2, -0.15) is 0 Å². The van der Waals surface area contributed by atoms with Crippen LogP contribution in [0.15, 0.2) is 121 Å². The Kier molecular flexibility index (Phi) is 5.50. The maximum atomic E-state index is 2.36. The van der Waals surface area contributed by atoms with Crippen molar-refractivity contribution in [1.82, 2.24) is 4.57 Å². The van der Waals surface area contributed by atoms with E-state index in [1.807, 2.05) is 0 Å². The molecule has 0 radical (unpaired) electrons.